The number of carbonyl (C=O) groups excluding carboxylic acids is 1. The lowest BCUT2D eigenvalue weighted by Gasteiger charge is -2.23. The molecule has 0 atom stereocenters. The third kappa shape index (κ3) is 5.88. The molecular formula is C17H19BrN4O5. The van der Waals surface area contributed by atoms with Crippen molar-refractivity contribution in [3.63, 3.8) is 0 Å². The van der Waals surface area contributed by atoms with Gasteiger partial charge in [-0.2, -0.15) is 4.98 Å². The fourth-order valence-corrected chi connectivity index (χ4v) is 2.53. The molecule has 0 saturated heterocycles. The molecule has 10 heteroatoms. The van der Waals surface area contributed by atoms with Crippen molar-refractivity contribution in [3.05, 3.63) is 45.2 Å². The molecule has 0 unspecified atom stereocenters. The summed E-state index contributed by atoms with van der Waals surface area (Å²) in [7, 11) is 1.50. The molecule has 0 bridgehead atoms. The number of anilines is 1. The monoisotopic (exact) mass is 438 g/mol. The number of benzene rings is 1. The first-order valence-electron chi connectivity index (χ1n) is 7.92. The second kappa shape index (κ2) is 8.30. The molecule has 1 aromatic heterocycles. The minimum absolute atomic E-state index is 0.0501. The van der Waals surface area contributed by atoms with Gasteiger partial charge >= 0.3 is 17.5 Å². The van der Waals surface area contributed by atoms with E-state index >= 15 is 0 Å². The zero-order valence-electron chi connectivity index (χ0n) is 15.3. The summed E-state index contributed by atoms with van der Waals surface area (Å²) < 4.78 is 11.6. The van der Waals surface area contributed by atoms with Crippen molar-refractivity contribution in [1.29, 1.82) is 0 Å². The molecule has 0 aliphatic carbocycles. The highest BCUT2D eigenvalue weighted by Crippen LogP contribution is 2.36. The van der Waals surface area contributed by atoms with Gasteiger partial charge in [-0.15, -0.1) is 0 Å². The number of aromatic nitrogens is 2. The molecule has 0 N–H and O–H groups in total. The Balaban J connectivity index is 2.31. The van der Waals surface area contributed by atoms with Gasteiger partial charge in [0.1, 0.15) is 24.2 Å². The van der Waals surface area contributed by atoms with Crippen molar-refractivity contribution in [2.24, 2.45) is 0 Å². The zero-order chi connectivity index (χ0) is 20.2. The number of carbonyl (C=O) groups is 1. The largest absolute Gasteiger partial charge is 0.459 e. The normalized spacial score (nSPS) is 11.0. The maximum atomic E-state index is 12.0. The number of nitro groups is 1. The Morgan fingerprint density at radius 1 is 1.33 bits per heavy atom. The van der Waals surface area contributed by atoms with Gasteiger partial charge in [-0.3, -0.25) is 14.9 Å². The zero-order valence-corrected chi connectivity index (χ0v) is 16.9. The van der Waals surface area contributed by atoms with Crippen molar-refractivity contribution >= 4 is 33.4 Å². The smallest absolute Gasteiger partial charge is 0.373 e. The predicted molar refractivity (Wildman–Crippen MR) is 102 cm³/mol. The standard InChI is InChI=1S/C17H19BrN4O5/c1-17(2,3)27-13(23)9-21(4)15-14(22(24)25)16(20-10-19-15)26-12-7-5-6-11(18)8-12/h5-8,10H,9H2,1-4H3. The molecule has 0 fully saturated rings. The van der Waals surface area contributed by atoms with E-state index in [2.05, 4.69) is 25.9 Å². The van der Waals surface area contributed by atoms with Crippen LogP contribution >= 0.6 is 15.9 Å². The molecule has 0 radical (unpaired) electrons. The van der Waals surface area contributed by atoms with Gasteiger partial charge in [0.2, 0.25) is 5.82 Å². The van der Waals surface area contributed by atoms with E-state index in [1.54, 1.807) is 45.0 Å². The van der Waals surface area contributed by atoms with Crippen LogP contribution in [0.3, 0.4) is 0 Å². The van der Waals surface area contributed by atoms with Crippen LogP contribution in [-0.2, 0) is 9.53 Å². The highest BCUT2D eigenvalue weighted by Gasteiger charge is 2.29. The van der Waals surface area contributed by atoms with E-state index < -0.39 is 22.2 Å². The number of hydrogen-bond acceptors (Lipinski definition) is 8. The van der Waals surface area contributed by atoms with Crippen molar-refractivity contribution < 1.29 is 19.2 Å². The first kappa shape index (κ1) is 20.6. The highest BCUT2D eigenvalue weighted by atomic mass is 79.9. The molecule has 0 spiro atoms. The maximum Gasteiger partial charge on any atom is 0.373 e. The molecular weight excluding hydrogens is 420 g/mol. The minimum Gasteiger partial charge on any atom is -0.459 e. The van der Waals surface area contributed by atoms with Crippen LogP contribution in [0.2, 0.25) is 0 Å². The van der Waals surface area contributed by atoms with Crippen LogP contribution in [0.25, 0.3) is 0 Å². The molecule has 144 valence electrons. The summed E-state index contributed by atoms with van der Waals surface area (Å²) >= 11 is 3.31. The Labute approximate surface area is 164 Å². The quantitative estimate of drug-likeness (QED) is 0.381. The van der Waals surface area contributed by atoms with E-state index in [0.717, 1.165) is 10.8 Å². The van der Waals surface area contributed by atoms with Crippen LogP contribution in [0.15, 0.2) is 35.1 Å². The highest BCUT2D eigenvalue weighted by molar-refractivity contribution is 9.10. The minimum atomic E-state index is -0.662. The van der Waals surface area contributed by atoms with E-state index in [-0.39, 0.29) is 18.2 Å². The number of halogens is 1. The van der Waals surface area contributed by atoms with E-state index in [0.29, 0.717) is 5.75 Å². The SMILES string of the molecule is CN(CC(=O)OC(C)(C)C)c1ncnc(Oc2cccc(Br)c2)c1[N+](=O)[O-]. The molecule has 2 rings (SSSR count). The maximum absolute atomic E-state index is 12.0. The average Bonchev–Trinajstić information content (AvgIpc) is 2.52. The van der Waals surface area contributed by atoms with Gasteiger partial charge in [0.15, 0.2) is 0 Å². The summed E-state index contributed by atoms with van der Waals surface area (Å²) in [6, 6.07) is 6.81. The van der Waals surface area contributed by atoms with Crippen LogP contribution in [0.4, 0.5) is 11.5 Å². The summed E-state index contributed by atoms with van der Waals surface area (Å²) in [4.78, 5) is 32.1. The molecule has 9 nitrogen and oxygen atoms in total. The third-order valence-electron chi connectivity index (χ3n) is 3.11. The van der Waals surface area contributed by atoms with Crippen molar-refractivity contribution in [2.45, 2.75) is 26.4 Å². The summed E-state index contributed by atoms with van der Waals surface area (Å²) in [5, 5.41) is 11.6. The molecule has 0 aliphatic rings. The topological polar surface area (TPSA) is 108 Å². The Morgan fingerprint density at radius 2 is 2.04 bits per heavy atom. The molecule has 2 aromatic rings. The summed E-state index contributed by atoms with van der Waals surface area (Å²) in [5.74, 6) is -0.440. The second-order valence-electron chi connectivity index (χ2n) is 6.61. The first-order chi connectivity index (χ1) is 12.6. The van der Waals surface area contributed by atoms with Gasteiger partial charge in [0, 0.05) is 11.5 Å². The fraction of sp³-hybridized carbons (Fsp3) is 0.353. The first-order valence-corrected chi connectivity index (χ1v) is 8.72. The Kier molecular flexibility index (Phi) is 6.32. The lowest BCUT2D eigenvalue weighted by atomic mass is 10.2. The summed E-state index contributed by atoms with van der Waals surface area (Å²) in [5.41, 5.74) is -1.10. The van der Waals surface area contributed by atoms with E-state index in [4.69, 9.17) is 9.47 Å². The number of likely N-dealkylation sites (N-methyl/N-ethyl adjacent to an activating group) is 1. The Hall–Kier alpha value is -2.75. The molecule has 0 aliphatic heterocycles. The van der Waals surface area contributed by atoms with Gasteiger partial charge in [-0.25, -0.2) is 4.98 Å². The summed E-state index contributed by atoms with van der Waals surface area (Å²) in [6.07, 6.45) is 1.14. The van der Waals surface area contributed by atoms with Crippen molar-refractivity contribution in [1.82, 2.24) is 9.97 Å². The molecule has 1 aromatic carbocycles. The Morgan fingerprint density at radius 3 is 2.63 bits per heavy atom. The lowest BCUT2D eigenvalue weighted by molar-refractivity contribution is -0.385. The number of esters is 1. The van der Waals surface area contributed by atoms with Crippen LogP contribution in [0.1, 0.15) is 20.8 Å². The van der Waals surface area contributed by atoms with Gasteiger partial charge in [0.05, 0.1) is 4.92 Å². The van der Waals surface area contributed by atoms with Crippen LogP contribution in [0, 0.1) is 10.1 Å². The average molecular weight is 439 g/mol. The van der Waals surface area contributed by atoms with Gasteiger partial charge in [0.25, 0.3) is 0 Å². The van der Waals surface area contributed by atoms with Crippen molar-refractivity contribution in [2.75, 3.05) is 18.5 Å². The van der Waals surface area contributed by atoms with Crippen molar-refractivity contribution in [3.8, 4) is 11.6 Å². The van der Waals surface area contributed by atoms with E-state index in [9.17, 15) is 14.9 Å². The third-order valence-corrected chi connectivity index (χ3v) is 3.60. The number of ether oxygens (including phenoxy) is 2. The van der Waals surface area contributed by atoms with Crippen LogP contribution in [-0.4, -0.2) is 40.1 Å². The molecule has 0 amide bonds. The van der Waals surface area contributed by atoms with Crippen LogP contribution < -0.4 is 9.64 Å². The van der Waals surface area contributed by atoms with Gasteiger partial charge in [-0.1, -0.05) is 22.0 Å². The van der Waals surface area contributed by atoms with E-state index in [1.807, 2.05) is 0 Å². The Bertz CT molecular complexity index is 853. The molecule has 27 heavy (non-hydrogen) atoms. The second-order valence-corrected chi connectivity index (χ2v) is 7.53. The number of hydrogen-bond donors (Lipinski definition) is 0. The van der Waals surface area contributed by atoms with Gasteiger partial charge in [-0.05, 0) is 39.0 Å². The predicted octanol–water partition coefficient (Wildman–Crippen LogP) is 3.72. The number of rotatable bonds is 6. The van der Waals surface area contributed by atoms with Gasteiger partial charge < -0.3 is 14.4 Å². The summed E-state index contributed by atoms with van der Waals surface area (Å²) in [6.45, 7) is 5.00. The molecule has 0 saturated carbocycles. The number of nitrogens with zero attached hydrogens (tertiary/aromatic N) is 4. The fourth-order valence-electron chi connectivity index (χ4n) is 2.15. The lowest BCUT2D eigenvalue weighted by Crippen LogP contribution is -2.33. The molecule has 1 heterocycles. The van der Waals surface area contributed by atoms with Crippen LogP contribution in [0.5, 0.6) is 11.6 Å². The van der Waals surface area contributed by atoms with E-state index in [1.165, 1.54) is 11.9 Å².